The molecule has 0 unspecified atom stereocenters. The average Bonchev–Trinajstić information content (AvgIpc) is 2.48. The quantitative estimate of drug-likeness (QED) is 0.756. The molecular formula is C16H13N3O2. The van der Waals surface area contributed by atoms with E-state index in [9.17, 15) is 9.59 Å². The van der Waals surface area contributed by atoms with E-state index in [1.54, 1.807) is 30.5 Å². The van der Waals surface area contributed by atoms with Crippen LogP contribution in [0.2, 0.25) is 0 Å². The van der Waals surface area contributed by atoms with E-state index in [1.807, 2.05) is 13.0 Å². The van der Waals surface area contributed by atoms with Crippen LogP contribution in [0.15, 0.2) is 53.6 Å². The molecule has 0 bridgehead atoms. The predicted octanol–water partition coefficient (Wildman–Crippen LogP) is 2.48. The van der Waals surface area contributed by atoms with E-state index >= 15 is 0 Å². The number of anilines is 1. The highest BCUT2D eigenvalue weighted by molar-refractivity contribution is 6.05. The van der Waals surface area contributed by atoms with Crippen LogP contribution < -0.4 is 10.9 Å². The summed E-state index contributed by atoms with van der Waals surface area (Å²) >= 11 is 0. The normalized spacial score (nSPS) is 10.5. The van der Waals surface area contributed by atoms with Crippen molar-refractivity contribution < 1.29 is 4.79 Å². The minimum absolute atomic E-state index is 0.132. The summed E-state index contributed by atoms with van der Waals surface area (Å²) in [6, 6.07) is 10.3. The number of benzene rings is 1. The molecule has 0 aliphatic heterocycles. The van der Waals surface area contributed by atoms with Gasteiger partial charge in [-0.05, 0) is 42.8 Å². The Morgan fingerprint density at radius 1 is 1.24 bits per heavy atom. The van der Waals surface area contributed by atoms with Crippen LogP contribution in [-0.4, -0.2) is 15.9 Å². The zero-order valence-electron chi connectivity index (χ0n) is 11.4. The molecular weight excluding hydrogens is 266 g/mol. The smallest absolute Gasteiger partial charge is 0.257 e. The fourth-order valence-corrected chi connectivity index (χ4v) is 2.20. The summed E-state index contributed by atoms with van der Waals surface area (Å²) in [6.07, 6.45) is 3.13. The third-order valence-electron chi connectivity index (χ3n) is 3.23. The van der Waals surface area contributed by atoms with Crippen molar-refractivity contribution in [3.63, 3.8) is 0 Å². The van der Waals surface area contributed by atoms with Crippen LogP contribution in [0.1, 0.15) is 15.9 Å². The molecule has 2 aromatic heterocycles. The van der Waals surface area contributed by atoms with Gasteiger partial charge in [0.1, 0.15) is 0 Å². The SMILES string of the molecule is Cc1cc(=O)[nH]c2ccc(NC(=O)c3cccnc3)cc12. The Morgan fingerprint density at radius 2 is 2.10 bits per heavy atom. The number of hydrogen-bond donors (Lipinski definition) is 2. The largest absolute Gasteiger partial charge is 0.322 e. The van der Waals surface area contributed by atoms with Gasteiger partial charge in [-0.1, -0.05) is 0 Å². The Bertz CT molecular complexity index is 870. The van der Waals surface area contributed by atoms with Gasteiger partial charge in [-0.2, -0.15) is 0 Å². The zero-order valence-corrected chi connectivity index (χ0v) is 11.4. The number of hydrogen-bond acceptors (Lipinski definition) is 3. The van der Waals surface area contributed by atoms with Crippen molar-refractivity contribution in [2.24, 2.45) is 0 Å². The molecule has 1 amide bonds. The van der Waals surface area contributed by atoms with Gasteiger partial charge in [0, 0.05) is 35.1 Å². The lowest BCUT2D eigenvalue weighted by Crippen LogP contribution is -2.12. The fourth-order valence-electron chi connectivity index (χ4n) is 2.20. The molecule has 0 aliphatic rings. The number of aromatic nitrogens is 2. The summed E-state index contributed by atoms with van der Waals surface area (Å²) < 4.78 is 0. The van der Waals surface area contributed by atoms with Crippen LogP contribution in [-0.2, 0) is 0 Å². The van der Waals surface area contributed by atoms with Crippen LogP contribution in [0, 0.1) is 6.92 Å². The van der Waals surface area contributed by atoms with Crippen molar-refractivity contribution in [3.8, 4) is 0 Å². The van der Waals surface area contributed by atoms with Crippen molar-refractivity contribution >= 4 is 22.5 Å². The number of pyridine rings is 2. The molecule has 1 aromatic carbocycles. The van der Waals surface area contributed by atoms with Gasteiger partial charge in [-0.15, -0.1) is 0 Å². The third kappa shape index (κ3) is 2.67. The first-order valence-corrected chi connectivity index (χ1v) is 6.48. The first-order valence-electron chi connectivity index (χ1n) is 6.48. The number of carbonyl (C=O) groups excluding carboxylic acids is 1. The van der Waals surface area contributed by atoms with Crippen molar-refractivity contribution in [1.82, 2.24) is 9.97 Å². The number of rotatable bonds is 2. The van der Waals surface area contributed by atoms with Gasteiger partial charge < -0.3 is 10.3 Å². The number of fused-ring (bicyclic) bond motifs is 1. The average molecular weight is 279 g/mol. The number of nitrogens with zero attached hydrogens (tertiary/aromatic N) is 1. The second kappa shape index (κ2) is 5.20. The Hall–Kier alpha value is -2.95. The number of aromatic amines is 1. The summed E-state index contributed by atoms with van der Waals surface area (Å²) in [5, 5.41) is 3.72. The number of carbonyl (C=O) groups is 1. The van der Waals surface area contributed by atoms with Gasteiger partial charge in [-0.3, -0.25) is 14.6 Å². The first-order chi connectivity index (χ1) is 10.1. The number of amides is 1. The van der Waals surface area contributed by atoms with Crippen LogP contribution in [0.25, 0.3) is 10.9 Å². The Kier molecular flexibility index (Phi) is 3.23. The van der Waals surface area contributed by atoms with Crippen LogP contribution in [0.4, 0.5) is 5.69 Å². The van der Waals surface area contributed by atoms with Gasteiger partial charge in [0.05, 0.1) is 5.56 Å². The summed E-state index contributed by atoms with van der Waals surface area (Å²) in [4.78, 5) is 30.2. The molecule has 5 heteroatoms. The molecule has 0 fully saturated rings. The van der Waals surface area contributed by atoms with Gasteiger partial charge >= 0.3 is 0 Å². The molecule has 3 rings (SSSR count). The van der Waals surface area contributed by atoms with Crippen LogP contribution in [0.5, 0.6) is 0 Å². The lowest BCUT2D eigenvalue weighted by atomic mass is 10.1. The van der Waals surface area contributed by atoms with Crippen molar-refractivity contribution in [3.05, 3.63) is 70.3 Å². The molecule has 0 saturated carbocycles. The highest BCUT2D eigenvalue weighted by atomic mass is 16.1. The third-order valence-corrected chi connectivity index (χ3v) is 3.23. The molecule has 0 aliphatic carbocycles. The predicted molar refractivity (Wildman–Crippen MR) is 81.5 cm³/mol. The minimum Gasteiger partial charge on any atom is -0.322 e. The summed E-state index contributed by atoms with van der Waals surface area (Å²) in [7, 11) is 0. The van der Waals surface area contributed by atoms with E-state index in [-0.39, 0.29) is 11.5 Å². The number of nitrogens with one attached hydrogen (secondary N) is 2. The van der Waals surface area contributed by atoms with Crippen molar-refractivity contribution in [2.45, 2.75) is 6.92 Å². The fraction of sp³-hybridized carbons (Fsp3) is 0.0625. The molecule has 0 atom stereocenters. The van der Waals surface area contributed by atoms with Crippen molar-refractivity contribution in [2.75, 3.05) is 5.32 Å². The zero-order chi connectivity index (χ0) is 14.8. The molecule has 0 spiro atoms. The molecule has 2 heterocycles. The van der Waals surface area contributed by atoms with Gasteiger partial charge in [0.2, 0.25) is 5.56 Å². The van der Waals surface area contributed by atoms with Crippen molar-refractivity contribution in [1.29, 1.82) is 0 Å². The van der Waals surface area contributed by atoms with Crippen LogP contribution in [0.3, 0.4) is 0 Å². The molecule has 104 valence electrons. The summed E-state index contributed by atoms with van der Waals surface area (Å²) in [5.74, 6) is -0.218. The maximum Gasteiger partial charge on any atom is 0.257 e. The topological polar surface area (TPSA) is 74.8 Å². The van der Waals surface area contributed by atoms with E-state index in [0.717, 1.165) is 16.5 Å². The van der Waals surface area contributed by atoms with E-state index in [1.165, 1.54) is 12.3 Å². The molecule has 3 aromatic rings. The Labute approximate surface area is 120 Å². The highest BCUT2D eigenvalue weighted by Gasteiger charge is 2.07. The lowest BCUT2D eigenvalue weighted by Gasteiger charge is -2.07. The standard InChI is InChI=1S/C16H13N3O2/c1-10-7-15(20)19-14-5-4-12(8-13(10)14)18-16(21)11-3-2-6-17-9-11/h2-9H,1H3,(H,18,21)(H,19,20). The van der Waals surface area contributed by atoms with E-state index < -0.39 is 0 Å². The second-order valence-electron chi connectivity index (χ2n) is 4.77. The van der Waals surface area contributed by atoms with Gasteiger partial charge in [0.15, 0.2) is 0 Å². The van der Waals surface area contributed by atoms with Crippen LogP contribution >= 0.6 is 0 Å². The summed E-state index contributed by atoms with van der Waals surface area (Å²) in [6.45, 7) is 1.87. The molecule has 21 heavy (non-hydrogen) atoms. The number of H-pyrrole nitrogens is 1. The van der Waals surface area contributed by atoms with E-state index in [0.29, 0.717) is 11.3 Å². The first kappa shape index (κ1) is 13.1. The maximum atomic E-state index is 12.1. The molecule has 0 saturated heterocycles. The monoisotopic (exact) mass is 279 g/mol. The molecule has 5 nitrogen and oxygen atoms in total. The van der Waals surface area contributed by atoms with E-state index in [4.69, 9.17) is 0 Å². The highest BCUT2D eigenvalue weighted by Crippen LogP contribution is 2.20. The molecule has 0 radical (unpaired) electrons. The van der Waals surface area contributed by atoms with Gasteiger partial charge in [0.25, 0.3) is 5.91 Å². The molecule has 2 N–H and O–H groups in total. The minimum atomic E-state index is -0.218. The Morgan fingerprint density at radius 3 is 2.86 bits per heavy atom. The maximum absolute atomic E-state index is 12.1. The van der Waals surface area contributed by atoms with Gasteiger partial charge in [-0.25, -0.2) is 0 Å². The number of aryl methyl sites for hydroxylation is 1. The second-order valence-corrected chi connectivity index (χ2v) is 4.77. The summed E-state index contributed by atoms with van der Waals surface area (Å²) in [5.41, 5.74) is 2.65. The van der Waals surface area contributed by atoms with E-state index in [2.05, 4.69) is 15.3 Å². The Balaban J connectivity index is 1.95. The lowest BCUT2D eigenvalue weighted by molar-refractivity contribution is 0.102.